The molecule has 0 atom stereocenters. The van der Waals surface area contributed by atoms with E-state index < -0.39 is 17.3 Å². The molecule has 2 rings (SSSR count). The number of benzene rings is 1. The number of ether oxygens (including phenoxy) is 1. The monoisotopic (exact) mass is 247 g/mol. The zero-order valence-electron chi connectivity index (χ0n) is 9.57. The third-order valence-electron chi connectivity index (χ3n) is 2.48. The van der Waals surface area contributed by atoms with E-state index in [1.54, 1.807) is 6.07 Å². The van der Waals surface area contributed by atoms with Crippen LogP contribution in [0.2, 0.25) is 0 Å². The Morgan fingerprint density at radius 3 is 2.78 bits per heavy atom. The van der Waals surface area contributed by atoms with Gasteiger partial charge in [0.15, 0.2) is 0 Å². The molecule has 18 heavy (non-hydrogen) atoms. The molecule has 0 bridgehead atoms. The fourth-order valence-corrected chi connectivity index (χ4v) is 1.69. The van der Waals surface area contributed by atoms with Gasteiger partial charge in [0.25, 0.3) is 5.56 Å². The fraction of sp³-hybridized carbons (Fsp3) is 0.0769. The summed E-state index contributed by atoms with van der Waals surface area (Å²) < 4.78 is 17.8. The van der Waals surface area contributed by atoms with Crippen LogP contribution in [0.4, 0.5) is 4.39 Å². The number of H-pyrrole nitrogens is 1. The molecule has 92 valence electrons. The molecule has 5 heteroatoms. The third kappa shape index (κ3) is 2.15. The zero-order chi connectivity index (χ0) is 13.1. The van der Waals surface area contributed by atoms with Crippen LogP contribution in [0.15, 0.2) is 41.3 Å². The van der Waals surface area contributed by atoms with E-state index in [1.807, 2.05) is 0 Å². The van der Waals surface area contributed by atoms with Gasteiger partial charge < -0.3 is 9.72 Å². The van der Waals surface area contributed by atoms with E-state index >= 15 is 0 Å². The molecule has 1 heterocycles. The summed E-state index contributed by atoms with van der Waals surface area (Å²) in [5.74, 6) is -1.12. The minimum absolute atomic E-state index is 0.101. The number of carbonyl (C=O) groups excluding carboxylic acids is 1. The summed E-state index contributed by atoms with van der Waals surface area (Å²) in [6.07, 6.45) is 1.34. The number of aromatic nitrogens is 1. The van der Waals surface area contributed by atoms with Crippen molar-refractivity contribution in [2.24, 2.45) is 0 Å². The number of hydrogen-bond donors (Lipinski definition) is 1. The van der Waals surface area contributed by atoms with Gasteiger partial charge in [-0.15, -0.1) is 0 Å². The summed E-state index contributed by atoms with van der Waals surface area (Å²) in [4.78, 5) is 25.8. The van der Waals surface area contributed by atoms with Crippen molar-refractivity contribution < 1.29 is 13.9 Å². The standard InChI is InChI=1S/C13H10FNO3/c1-18-13(17)10-5-6-15-12(16)11(10)8-3-2-4-9(14)7-8/h2-7H,1H3,(H,15,16). The smallest absolute Gasteiger partial charge is 0.338 e. The zero-order valence-corrected chi connectivity index (χ0v) is 9.57. The first-order chi connectivity index (χ1) is 8.63. The Morgan fingerprint density at radius 2 is 2.11 bits per heavy atom. The second kappa shape index (κ2) is 4.83. The van der Waals surface area contributed by atoms with E-state index in [-0.39, 0.29) is 11.1 Å². The van der Waals surface area contributed by atoms with Crippen LogP contribution in [0.25, 0.3) is 11.1 Å². The summed E-state index contributed by atoms with van der Waals surface area (Å²) >= 11 is 0. The Labute approximate surface area is 102 Å². The Hall–Kier alpha value is -2.43. The minimum Gasteiger partial charge on any atom is -0.465 e. The van der Waals surface area contributed by atoms with Gasteiger partial charge in [-0.05, 0) is 23.8 Å². The van der Waals surface area contributed by atoms with Crippen molar-refractivity contribution in [1.82, 2.24) is 4.98 Å². The van der Waals surface area contributed by atoms with E-state index in [0.29, 0.717) is 5.56 Å². The molecular weight excluding hydrogens is 237 g/mol. The number of aromatic amines is 1. The van der Waals surface area contributed by atoms with Gasteiger partial charge in [-0.25, -0.2) is 9.18 Å². The lowest BCUT2D eigenvalue weighted by atomic mass is 10.0. The van der Waals surface area contributed by atoms with Crippen molar-refractivity contribution in [1.29, 1.82) is 0 Å². The molecule has 0 aliphatic rings. The van der Waals surface area contributed by atoms with E-state index in [1.165, 1.54) is 37.6 Å². The highest BCUT2D eigenvalue weighted by Gasteiger charge is 2.16. The number of pyridine rings is 1. The highest BCUT2D eigenvalue weighted by atomic mass is 19.1. The number of esters is 1. The predicted octanol–water partition coefficient (Wildman–Crippen LogP) is 1.97. The lowest BCUT2D eigenvalue weighted by Gasteiger charge is -2.06. The largest absolute Gasteiger partial charge is 0.465 e. The van der Waals surface area contributed by atoms with Crippen LogP contribution < -0.4 is 5.56 Å². The summed E-state index contributed by atoms with van der Waals surface area (Å²) in [7, 11) is 1.22. The quantitative estimate of drug-likeness (QED) is 0.825. The Bertz CT molecular complexity index is 649. The number of rotatable bonds is 2. The van der Waals surface area contributed by atoms with E-state index in [0.717, 1.165) is 0 Å². The topological polar surface area (TPSA) is 59.2 Å². The second-order valence-electron chi connectivity index (χ2n) is 3.60. The first-order valence-electron chi connectivity index (χ1n) is 5.19. The molecule has 0 fully saturated rings. The van der Waals surface area contributed by atoms with Gasteiger partial charge in [0.1, 0.15) is 5.82 Å². The lowest BCUT2D eigenvalue weighted by Crippen LogP contribution is -2.15. The maximum absolute atomic E-state index is 13.2. The van der Waals surface area contributed by atoms with Gasteiger partial charge in [0.05, 0.1) is 18.2 Å². The van der Waals surface area contributed by atoms with Crippen molar-refractivity contribution in [3.8, 4) is 11.1 Å². The lowest BCUT2D eigenvalue weighted by molar-refractivity contribution is 0.0601. The highest BCUT2D eigenvalue weighted by Crippen LogP contribution is 2.20. The highest BCUT2D eigenvalue weighted by molar-refractivity contribution is 5.96. The number of nitrogens with one attached hydrogen (secondary N) is 1. The van der Waals surface area contributed by atoms with E-state index in [9.17, 15) is 14.0 Å². The van der Waals surface area contributed by atoms with Crippen molar-refractivity contribution >= 4 is 5.97 Å². The Morgan fingerprint density at radius 1 is 1.33 bits per heavy atom. The van der Waals surface area contributed by atoms with Crippen molar-refractivity contribution in [3.05, 3.63) is 58.3 Å². The normalized spacial score (nSPS) is 10.1. The molecule has 1 aromatic carbocycles. The number of methoxy groups -OCH3 is 1. The van der Waals surface area contributed by atoms with Crippen LogP contribution >= 0.6 is 0 Å². The molecule has 4 nitrogen and oxygen atoms in total. The van der Waals surface area contributed by atoms with Gasteiger partial charge in [0, 0.05) is 6.20 Å². The van der Waals surface area contributed by atoms with Gasteiger partial charge in [-0.1, -0.05) is 12.1 Å². The molecule has 0 saturated heterocycles. The Kier molecular flexibility index (Phi) is 3.23. The average Bonchev–Trinajstić information content (AvgIpc) is 2.37. The molecule has 0 radical (unpaired) electrons. The second-order valence-corrected chi connectivity index (χ2v) is 3.60. The molecule has 2 aromatic rings. The van der Waals surface area contributed by atoms with Crippen LogP contribution in [-0.4, -0.2) is 18.1 Å². The maximum atomic E-state index is 13.2. The van der Waals surface area contributed by atoms with E-state index in [2.05, 4.69) is 9.72 Å². The molecule has 1 N–H and O–H groups in total. The number of halogens is 1. The van der Waals surface area contributed by atoms with Crippen molar-refractivity contribution in [2.45, 2.75) is 0 Å². The number of carbonyl (C=O) groups is 1. The molecule has 1 aromatic heterocycles. The predicted molar refractivity (Wildman–Crippen MR) is 63.8 cm³/mol. The van der Waals surface area contributed by atoms with Crippen molar-refractivity contribution in [2.75, 3.05) is 7.11 Å². The maximum Gasteiger partial charge on any atom is 0.338 e. The first-order valence-corrected chi connectivity index (χ1v) is 5.19. The molecule has 0 saturated carbocycles. The first kappa shape index (κ1) is 12.0. The van der Waals surface area contributed by atoms with Gasteiger partial charge in [-0.2, -0.15) is 0 Å². The molecule has 0 aliphatic heterocycles. The molecule has 0 spiro atoms. The summed E-state index contributed by atoms with van der Waals surface area (Å²) in [5.41, 5.74) is 0.0662. The molecule has 0 unspecified atom stereocenters. The summed E-state index contributed by atoms with van der Waals surface area (Å²) in [5, 5.41) is 0. The van der Waals surface area contributed by atoms with Gasteiger partial charge in [0.2, 0.25) is 0 Å². The summed E-state index contributed by atoms with van der Waals surface area (Å²) in [6.45, 7) is 0. The van der Waals surface area contributed by atoms with Gasteiger partial charge in [-0.3, -0.25) is 4.79 Å². The van der Waals surface area contributed by atoms with Crippen LogP contribution in [0.3, 0.4) is 0 Å². The SMILES string of the molecule is COC(=O)c1cc[nH]c(=O)c1-c1cccc(F)c1. The van der Waals surface area contributed by atoms with Gasteiger partial charge >= 0.3 is 5.97 Å². The summed E-state index contributed by atoms with van der Waals surface area (Å²) in [6, 6.07) is 6.90. The molecule has 0 amide bonds. The Balaban J connectivity index is 2.70. The van der Waals surface area contributed by atoms with E-state index in [4.69, 9.17) is 0 Å². The van der Waals surface area contributed by atoms with Crippen LogP contribution in [-0.2, 0) is 4.74 Å². The average molecular weight is 247 g/mol. The molecular formula is C13H10FNO3. The van der Waals surface area contributed by atoms with Crippen LogP contribution in [0, 0.1) is 5.82 Å². The van der Waals surface area contributed by atoms with Crippen LogP contribution in [0.1, 0.15) is 10.4 Å². The number of hydrogen-bond acceptors (Lipinski definition) is 3. The van der Waals surface area contributed by atoms with Crippen LogP contribution in [0.5, 0.6) is 0 Å². The fourth-order valence-electron chi connectivity index (χ4n) is 1.69. The third-order valence-corrected chi connectivity index (χ3v) is 2.48. The minimum atomic E-state index is -0.639. The molecule has 0 aliphatic carbocycles. The van der Waals surface area contributed by atoms with Crippen molar-refractivity contribution in [3.63, 3.8) is 0 Å².